The summed E-state index contributed by atoms with van der Waals surface area (Å²) in [6.45, 7) is 7.21. The number of piperidine rings is 1. The second kappa shape index (κ2) is 11.6. The van der Waals surface area contributed by atoms with Crippen molar-refractivity contribution in [3.63, 3.8) is 0 Å². The Labute approximate surface area is 220 Å². The highest BCUT2D eigenvalue weighted by Crippen LogP contribution is 2.31. The number of ether oxygens (including phenoxy) is 1. The van der Waals surface area contributed by atoms with Crippen LogP contribution in [0.5, 0.6) is 5.75 Å². The van der Waals surface area contributed by atoms with Gasteiger partial charge in [-0.05, 0) is 42.5 Å². The first-order chi connectivity index (χ1) is 17.4. The van der Waals surface area contributed by atoms with Crippen molar-refractivity contribution in [3.8, 4) is 5.75 Å². The molecule has 1 aromatic carbocycles. The second-order valence-electron chi connectivity index (χ2n) is 9.89. The lowest BCUT2D eigenvalue weighted by Crippen LogP contribution is -2.35. The number of benzene rings is 1. The van der Waals surface area contributed by atoms with Gasteiger partial charge in [-0.1, -0.05) is 19.0 Å². The predicted octanol–water partition coefficient (Wildman–Crippen LogP) is 3.91. The van der Waals surface area contributed by atoms with Gasteiger partial charge < -0.3 is 24.8 Å². The highest BCUT2D eigenvalue weighted by atomic mass is 35.5. The zero-order valence-corrected chi connectivity index (χ0v) is 21.7. The Kier molecular flexibility index (Phi) is 8.43. The molecule has 2 aliphatic rings. The third-order valence-electron chi connectivity index (χ3n) is 6.94. The first-order valence-corrected chi connectivity index (χ1v) is 12.4. The molecule has 9 nitrogen and oxygen atoms in total. The highest BCUT2D eigenvalue weighted by Gasteiger charge is 2.34. The molecular formula is C25H32ClF2N7O2. The van der Waals surface area contributed by atoms with Crippen molar-refractivity contribution in [2.45, 2.75) is 44.6 Å². The van der Waals surface area contributed by atoms with Crippen molar-refractivity contribution >= 4 is 24.4 Å². The normalized spacial score (nSPS) is 20.4. The summed E-state index contributed by atoms with van der Waals surface area (Å²) in [6.07, 6.45) is 5.21. The quantitative estimate of drug-likeness (QED) is 0.482. The van der Waals surface area contributed by atoms with E-state index in [2.05, 4.69) is 25.0 Å². The fraction of sp³-hybridized carbons (Fsp3) is 0.520. The fourth-order valence-electron chi connectivity index (χ4n) is 4.76. The van der Waals surface area contributed by atoms with Crippen molar-refractivity contribution in [2.24, 2.45) is 11.7 Å². The van der Waals surface area contributed by atoms with Crippen molar-refractivity contribution in [3.05, 3.63) is 53.6 Å². The Hall–Kier alpha value is -3.05. The third-order valence-corrected chi connectivity index (χ3v) is 6.94. The maximum Gasteiger partial charge on any atom is 0.324 e. The van der Waals surface area contributed by atoms with Crippen LogP contribution in [0, 0.1) is 17.6 Å². The first kappa shape index (κ1) is 27.0. The van der Waals surface area contributed by atoms with Crippen LogP contribution in [0.2, 0.25) is 0 Å². The lowest BCUT2D eigenvalue weighted by Gasteiger charge is -2.30. The van der Waals surface area contributed by atoms with Gasteiger partial charge in [0.25, 0.3) is 0 Å². The van der Waals surface area contributed by atoms with Crippen LogP contribution in [-0.4, -0.2) is 58.9 Å². The van der Waals surface area contributed by atoms with E-state index in [1.807, 2.05) is 18.7 Å². The van der Waals surface area contributed by atoms with E-state index in [1.165, 1.54) is 6.07 Å². The van der Waals surface area contributed by atoms with Gasteiger partial charge in [0.2, 0.25) is 5.95 Å². The Morgan fingerprint density at radius 3 is 2.51 bits per heavy atom. The van der Waals surface area contributed by atoms with Crippen LogP contribution in [0.3, 0.4) is 0 Å². The zero-order valence-electron chi connectivity index (χ0n) is 20.9. The van der Waals surface area contributed by atoms with Crippen LogP contribution in [0.4, 0.5) is 20.7 Å². The van der Waals surface area contributed by atoms with E-state index in [1.54, 1.807) is 12.4 Å². The standard InChI is InChI=1S/C25H31F2N7O2.ClH/c1-15(2)23-31-25(36-32-23)33-7-5-16(6-8-33)14-35-18-10-29-24(30-11-18)34-12-20(22(28)13-34)19-9-17(26)3-4-21(19)27;/h3-4,9-11,15-16,20,22H,5-8,12-14,28H2,1-2H3;1H/t20-,22+;/m1./s1. The highest BCUT2D eigenvalue weighted by molar-refractivity contribution is 5.85. The summed E-state index contributed by atoms with van der Waals surface area (Å²) in [4.78, 5) is 17.3. The lowest BCUT2D eigenvalue weighted by molar-refractivity contribution is 0.219. The van der Waals surface area contributed by atoms with E-state index < -0.39 is 11.6 Å². The van der Waals surface area contributed by atoms with E-state index in [9.17, 15) is 8.78 Å². The predicted molar refractivity (Wildman–Crippen MR) is 137 cm³/mol. The molecule has 2 aromatic heterocycles. The fourth-order valence-corrected chi connectivity index (χ4v) is 4.76. The van der Waals surface area contributed by atoms with E-state index in [0.717, 1.165) is 43.9 Å². The zero-order chi connectivity index (χ0) is 25.2. The molecule has 5 rings (SSSR count). The molecule has 200 valence electrons. The minimum absolute atomic E-state index is 0. The molecule has 37 heavy (non-hydrogen) atoms. The number of anilines is 2. The number of aromatic nitrogens is 4. The Bertz CT molecular complexity index is 1170. The Morgan fingerprint density at radius 2 is 1.84 bits per heavy atom. The molecule has 2 N–H and O–H groups in total. The molecule has 2 atom stereocenters. The number of hydrogen-bond donors (Lipinski definition) is 1. The molecule has 4 heterocycles. The molecule has 0 spiro atoms. The Balaban J connectivity index is 0.00000320. The van der Waals surface area contributed by atoms with Crippen LogP contribution in [0.15, 0.2) is 35.1 Å². The van der Waals surface area contributed by atoms with Crippen molar-refractivity contribution in [1.29, 1.82) is 0 Å². The third kappa shape index (κ3) is 6.10. The molecule has 2 saturated heterocycles. The van der Waals surface area contributed by atoms with Crippen LogP contribution < -0.4 is 20.3 Å². The molecule has 0 bridgehead atoms. The number of hydrogen-bond acceptors (Lipinski definition) is 9. The number of rotatable bonds is 7. The van der Waals surface area contributed by atoms with E-state index in [-0.39, 0.29) is 35.8 Å². The second-order valence-corrected chi connectivity index (χ2v) is 9.89. The molecule has 0 amide bonds. The van der Waals surface area contributed by atoms with E-state index >= 15 is 0 Å². The number of nitrogens with two attached hydrogens (primary N) is 1. The summed E-state index contributed by atoms with van der Waals surface area (Å²) >= 11 is 0. The number of halogens is 3. The SMILES string of the molecule is CC(C)c1noc(N2CCC(COc3cnc(N4C[C@H](c5cc(F)ccc5F)[C@@H](N)C4)nc3)CC2)n1.Cl. The summed E-state index contributed by atoms with van der Waals surface area (Å²) in [5, 5.41) is 4.04. The molecule has 2 aliphatic heterocycles. The maximum atomic E-state index is 14.3. The topological polar surface area (TPSA) is 106 Å². The van der Waals surface area contributed by atoms with Crippen molar-refractivity contribution in [1.82, 2.24) is 20.1 Å². The summed E-state index contributed by atoms with van der Waals surface area (Å²) in [5.74, 6) is 1.19. The van der Waals surface area contributed by atoms with Gasteiger partial charge in [-0.15, -0.1) is 12.4 Å². The molecule has 0 aliphatic carbocycles. The first-order valence-electron chi connectivity index (χ1n) is 12.4. The van der Waals surface area contributed by atoms with Gasteiger partial charge in [-0.25, -0.2) is 18.7 Å². The van der Waals surface area contributed by atoms with E-state index in [0.29, 0.717) is 43.3 Å². The van der Waals surface area contributed by atoms with Gasteiger partial charge in [-0.3, -0.25) is 0 Å². The van der Waals surface area contributed by atoms with Gasteiger partial charge in [0.1, 0.15) is 11.6 Å². The Morgan fingerprint density at radius 1 is 1.11 bits per heavy atom. The minimum Gasteiger partial charge on any atom is -0.490 e. The molecule has 0 radical (unpaired) electrons. The van der Waals surface area contributed by atoms with Gasteiger partial charge >= 0.3 is 6.01 Å². The van der Waals surface area contributed by atoms with Crippen molar-refractivity contribution < 1.29 is 18.0 Å². The number of nitrogens with zero attached hydrogens (tertiary/aromatic N) is 6. The average Bonchev–Trinajstić information content (AvgIpc) is 3.52. The maximum absolute atomic E-state index is 14.3. The molecular weight excluding hydrogens is 504 g/mol. The molecule has 0 unspecified atom stereocenters. The summed E-state index contributed by atoms with van der Waals surface area (Å²) in [7, 11) is 0. The van der Waals surface area contributed by atoms with Crippen LogP contribution in [0.25, 0.3) is 0 Å². The van der Waals surface area contributed by atoms with Gasteiger partial charge in [0.15, 0.2) is 11.6 Å². The smallest absolute Gasteiger partial charge is 0.324 e. The van der Waals surface area contributed by atoms with Crippen LogP contribution >= 0.6 is 12.4 Å². The molecule has 3 aromatic rings. The summed E-state index contributed by atoms with van der Waals surface area (Å²) < 4.78 is 39.3. The molecule has 12 heteroatoms. The van der Waals surface area contributed by atoms with Crippen LogP contribution in [0.1, 0.15) is 49.9 Å². The monoisotopic (exact) mass is 535 g/mol. The molecule has 2 fully saturated rings. The van der Waals surface area contributed by atoms with Crippen molar-refractivity contribution in [2.75, 3.05) is 42.6 Å². The summed E-state index contributed by atoms with van der Waals surface area (Å²) in [5.41, 5.74) is 6.54. The van der Waals surface area contributed by atoms with Gasteiger partial charge in [0, 0.05) is 44.1 Å². The van der Waals surface area contributed by atoms with Gasteiger partial charge in [0.05, 0.1) is 19.0 Å². The van der Waals surface area contributed by atoms with Crippen LogP contribution in [-0.2, 0) is 0 Å². The van der Waals surface area contributed by atoms with E-state index in [4.69, 9.17) is 15.0 Å². The van der Waals surface area contributed by atoms with Gasteiger partial charge in [-0.2, -0.15) is 4.98 Å². The minimum atomic E-state index is -0.476. The largest absolute Gasteiger partial charge is 0.490 e. The molecule has 0 saturated carbocycles. The lowest BCUT2D eigenvalue weighted by atomic mass is 9.94. The average molecular weight is 536 g/mol. The summed E-state index contributed by atoms with van der Waals surface area (Å²) in [6, 6.07) is 3.71.